The number of piperidine rings is 1. The van der Waals surface area contributed by atoms with Gasteiger partial charge in [0.2, 0.25) is 21.8 Å². The smallest absolute Gasteiger partial charge is 0.243 e. The minimum absolute atomic E-state index is 0.0224. The molecule has 0 atom stereocenters. The van der Waals surface area contributed by atoms with Crippen LogP contribution in [0, 0.1) is 5.92 Å². The molecule has 0 saturated carbocycles. The molecule has 1 fully saturated rings. The molecular formula is C25H31N3O4S. The molecule has 0 aliphatic carbocycles. The number of hydrogen-bond donors (Lipinski definition) is 1. The molecule has 2 aliphatic heterocycles. The van der Waals surface area contributed by atoms with E-state index in [2.05, 4.69) is 12.2 Å². The van der Waals surface area contributed by atoms with E-state index in [1.807, 2.05) is 24.3 Å². The highest BCUT2D eigenvalue weighted by atomic mass is 32.2. The van der Waals surface area contributed by atoms with Gasteiger partial charge in [0, 0.05) is 44.4 Å². The monoisotopic (exact) mass is 469 g/mol. The first kappa shape index (κ1) is 23.4. The predicted molar refractivity (Wildman–Crippen MR) is 129 cm³/mol. The van der Waals surface area contributed by atoms with E-state index in [9.17, 15) is 18.0 Å². The minimum atomic E-state index is -3.60. The Balaban J connectivity index is 1.35. The molecular weight excluding hydrogens is 438 g/mol. The molecule has 2 heterocycles. The number of rotatable bonds is 6. The second kappa shape index (κ2) is 9.65. The zero-order chi connectivity index (χ0) is 23.6. The molecule has 0 bridgehead atoms. The topological polar surface area (TPSA) is 86.8 Å². The number of nitrogens with zero attached hydrogens (tertiary/aromatic N) is 2. The van der Waals surface area contributed by atoms with Crippen molar-refractivity contribution in [3.05, 3.63) is 53.6 Å². The first-order chi connectivity index (χ1) is 15.8. The van der Waals surface area contributed by atoms with Crippen molar-refractivity contribution in [2.45, 2.75) is 50.8 Å². The standard InChI is InChI=1S/C25H31N3O4S/c1-3-20-6-4-5-7-23(20)26-25(30)16-19-10-13-27(14-11-19)33(31,32)22-8-9-24-21(17-22)12-15-28(24)18(2)29/h4-9,17,19H,3,10-16H2,1-2H3,(H,26,30). The second-order valence-electron chi connectivity index (χ2n) is 8.82. The van der Waals surface area contributed by atoms with Crippen LogP contribution in [0.5, 0.6) is 0 Å². The van der Waals surface area contributed by atoms with E-state index in [-0.39, 0.29) is 22.6 Å². The van der Waals surface area contributed by atoms with Crippen LogP contribution in [0.4, 0.5) is 11.4 Å². The number of anilines is 2. The molecule has 1 N–H and O–H groups in total. The molecule has 2 aliphatic rings. The Bertz CT molecular complexity index is 1150. The van der Waals surface area contributed by atoms with E-state index < -0.39 is 10.0 Å². The van der Waals surface area contributed by atoms with E-state index in [4.69, 9.17) is 0 Å². The van der Waals surface area contributed by atoms with E-state index in [1.165, 1.54) is 11.2 Å². The summed E-state index contributed by atoms with van der Waals surface area (Å²) >= 11 is 0. The molecule has 33 heavy (non-hydrogen) atoms. The highest BCUT2D eigenvalue weighted by Gasteiger charge is 2.32. The van der Waals surface area contributed by atoms with Crippen LogP contribution in [-0.4, -0.2) is 44.2 Å². The van der Waals surface area contributed by atoms with Gasteiger partial charge in [-0.15, -0.1) is 0 Å². The van der Waals surface area contributed by atoms with Crippen molar-refractivity contribution in [2.75, 3.05) is 29.9 Å². The summed E-state index contributed by atoms with van der Waals surface area (Å²) in [6.45, 7) is 4.98. The molecule has 2 aromatic carbocycles. The summed E-state index contributed by atoms with van der Waals surface area (Å²) in [5.41, 5.74) is 3.65. The lowest BCUT2D eigenvalue weighted by molar-refractivity contribution is -0.117. The number of carbonyl (C=O) groups is 2. The van der Waals surface area contributed by atoms with Crippen molar-refractivity contribution in [1.82, 2.24) is 4.31 Å². The molecule has 0 aromatic heterocycles. The maximum Gasteiger partial charge on any atom is 0.243 e. The number of amides is 2. The average molecular weight is 470 g/mol. The Morgan fingerprint density at radius 2 is 1.79 bits per heavy atom. The van der Waals surface area contributed by atoms with Crippen LogP contribution in [-0.2, 0) is 32.5 Å². The predicted octanol–water partition coefficient (Wildman–Crippen LogP) is 3.59. The third-order valence-electron chi connectivity index (χ3n) is 6.68. The van der Waals surface area contributed by atoms with E-state index >= 15 is 0 Å². The lowest BCUT2D eigenvalue weighted by Crippen LogP contribution is -2.39. The van der Waals surface area contributed by atoms with Gasteiger partial charge >= 0.3 is 0 Å². The Hall–Kier alpha value is -2.71. The van der Waals surface area contributed by atoms with Gasteiger partial charge in [0.1, 0.15) is 0 Å². The van der Waals surface area contributed by atoms with Crippen molar-refractivity contribution in [3.8, 4) is 0 Å². The minimum Gasteiger partial charge on any atom is -0.326 e. The quantitative estimate of drug-likeness (QED) is 0.701. The van der Waals surface area contributed by atoms with Crippen LogP contribution in [0.2, 0.25) is 0 Å². The Morgan fingerprint density at radius 1 is 1.06 bits per heavy atom. The molecule has 4 rings (SSSR count). The summed E-state index contributed by atoms with van der Waals surface area (Å²) in [4.78, 5) is 26.3. The van der Waals surface area contributed by atoms with Gasteiger partial charge in [0.05, 0.1) is 4.90 Å². The van der Waals surface area contributed by atoms with Crippen molar-refractivity contribution < 1.29 is 18.0 Å². The molecule has 2 aromatic rings. The summed E-state index contributed by atoms with van der Waals surface area (Å²) in [5, 5.41) is 3.01. The van der Waals surface area contributed by atoms with E-state index in [0.29, 0.717) is 45.3 Å². The van der Waals surface area contributed by atoms with Crippen LogP contribution in [0.15, 0.2) is 47.4 Å². The number of hydrogen-bond acceptors (Lipinski definition) is 4. The first-order valence-electron chi connectivity index (χ1n) is 11.6. The molecule has 0 spiro atoms. The Kier molecular flexibility index (Phi) is 6.86. The second-order valence-corrected chi connectivity index (χ2v) is 10.8. The van der Waals surface area contributed by atoms with Gasteiger partial charge in [-0.2, -0.15) is 4.31 Å². The van der Waals surface area contributed by atoms with Gasteiger partial charge in [0.15, 0.2) is 0 Å². The van der Waals surface area contributed by atoms with Crippen molar-refractivity contribution in [3.63, 3.8) is 0 Å². The van der Waals surface area contributed by atoms with Gasteiger partial charge in [-0.05, 0) is 67.0 Å². The SMILES string of the molecule is CCc1ccccc1NC(=O)CC1CCN(S(=O)(=O)c2ccc3c(c2)CCN3C(C)=O)CC1. The van der Waals surface area contributed by atoms with Crippen molar-refractivity contribution >= 4 is 33.2 Å². The summed E-state index contributed by atoms with van der Waals surface area (Å²) in [6.07, 6.45) is 3.22. The van der Waals surface area contributed by atoms with Gasteiger partial charge in [0.25, 0.3) is 0 Å². The largest absolute Gasteiger partial charge is 0.326 e. The maximum atomic E-state index is 13.2. The first-order valence-corrected chi connectivity index (χ1v) is 13.0. The normalized spacial score (nSPS) is 17.1. The zero-order valence-electron chi connectivity index (χ0n) is 19.2. The molecule has 2 amide bonds. The summed E-state index contributed by atoms with van der Waals surface area (Å²) < 4.78 is 27.9. The third-order valence-corrected chi connectivity index (χ3v) is 8.58. The number of carbonyl (C=O) groups excluding carboxylic acids is 2. The number of para-hydroxylation sites is 1. The average Bonchev–Trinajstić information content (AvgIpc) is 3.23. The van der Waals surface area contributed by atoms with Gasteiger partial charge in [-0.1, -0.05) is 25.1 Å². The number of sulfonamides is 1. The third kappa shape index (κ3) is 4.96. The fourth-order valence-corrected chi connectivity index (χ4v) is 6.30. The lowest BCUT2D eigenvalue weighted by Gasteiger charge is -2.31. The van der Waals surface area contributed by atoms with Crippen molar-refractivity contribution in [2.24, 2.45) is 5.92 Å². The Labute approximate surface area is 195 Å². The highest BCUT2D eigenvalue weighted by Crippen LogP contribution is 2.32. The van der Waals surface area contributed by atoms with Gasteiger partial charge in [-0.3, -0.25) is 9.59 Å². The lowest BCUT2D eigenvalue weighted by atomic mass is 9.94. The van der Waals surface area contributed by atoms with Gasteiger partial charge < -0.3 is 10.2 Å². The van der Waals surface area contributed by atoms with Crippen LogP contribution in [0.25, 0.3) is 0 Å². The number of aryl methyl sites for hydroxylation is 1. The van der Waals surface area contributed by atoms with Gasteiger partial charge in [-0.25, -0.2) is 8.42 Å². The van der Waals surface area contributed by atoms with Crippen LogP contribution in [0.1, 0.15) is 44.2 Å². The summed E-state index contributed by atoms with van der Waals surface area (Å²) in [6, 6.07) is 12.8. The molecule has 176 valence electrons. The fourth-order valence-electron chi connectivity index (χ4n) is 4.78. The summed E-state index contributed by atoms with van der Waals surface area (Å²) in [7, 11) is -3.60. The zero-order valence-corrected chi connectivity index (χ0v) is 20.0. The molecule has 8 heteroatoms. The molecule has 0 unspecified atom stereocenters. The van der Waals surface area contributed by atoms with Crippen molar-refractivity contribution in [1.29, 1.82) is 0 Å². The number of nitrogens with one attached hydrogen (secondary N) is 1. The highest BCUT2D eigenvalue weighted by molar-refractivity contribution is 7.89. The molecule has 0 radical (unpaired) electrons. The molecule has 1 saturated heterocycles. The number of benzene rings is 2. The van der Waals surface area contributed by atoms with Crippen LogP contribution in [0.3, 0.4) is 0 Å². The maximum absolute atomic E-state index is 13.2. The summed E-state index contributed by atoms with van der Waals surface area (Å²) in [5.74, 6) is 0.105. The fraction of sp³-hybridized carbons (Fsp3) is 0.440. The van der Waals surface area contributed by atoms with Crippen LogP contribution < -0.4 is 10.2 Å². The number of fused-ring (bicyclic) bond motifs is 1. The molecule has 7 nitrogen and oxygen atoms in total. The van der Waals surface area contributed by atoms with E-state index in [0.717, 1.165) is 28.9 Å². The van der Waals surface area contributed by atoms with E-state index in [1.54, 1.807) is 23.1 Å². The Morgan fingerprint density at radius 3 is 2.48 bits per heavy atom. The van der Waals surface area contributed by atoms with Crippen LogP contribution >= 0.6 is 0 Å².